The normalized spacial score (nSPS) is 10.5. The number of carbonyl (C=O) groups excluding carboxylic acids is 2. The summed E-state index contributed by atoms with van der Waals surface area (Å²) in [4.78, 5) is 25.3. The van der Waals surface area contributed by atoms with Crippen molar-refractivity contribution in [2.75, 3.05) is 10.6 Å². The first-order valence-electron chi connectivity index (χ1n) is 8.54. The van der Waals surface area contributed by atoms with E-state index in [1.807, 2.05) is 32.0 Å². The second kappa shape index (κ2) is 7.41. The van der Waals surface area contributed by atoms with Crippen molar-refractivity contribution in [3.63, 3.8) is 0 Å². The summed E-state index contributed by atoms with van der Waals surface area (Å²) < 4.78 is 0. The molecule has 2 N–H and O–H groups in total. The lowest BCUT2D eigenvalue weighted by molar-refractivity contribution is -0.114. The molecule has 0 radical (unpaired) electrons. The number of rotatable bonds is 4. The fourth-order valence-electron chi connectivity index (χ4n) is 2.79. The monoisotopic (exact) mass is 363 g/mol. The van der Waals surface area contributed by atoms with E-state index in [1.165, 1.54) is 11.7 Å². The van der Waals surface area contributed by atoms with Crippen LogP contribution in [0.15, 0.2) is 42.5 Å². The van der Waals surface area contributed by atoms with Crippen LogP contribution in [0.4, 0.5) is 11.4 Å². The second-order valence-electron chi connectivity index (χ2n) is 6.43. The number of benzene rings is 2. The van der Waals surface area contributed by atoms with Crippen molar-refractivity contribution < 1.29 is 9.59 Å². The van der Waals surface area contributed by atoms with Gasteiger partial charge in [-0.3, -0.25) is 9.59 Å². The third-order valence-corrected chi connectivity index (χ3v) is 4.01. The van der Waals surface area contributed by atoms with E-state index in [1.54, 1.807) is 31.2 Å². The topological polar surface area (TPSA) is 88.9 Å². The fourth-order valence-corrected chi connectivity index (χ4v) is 2.79. The molecular weight excluding hydrogens is 342 g/mol. The molecule has 0 saturated heterocycles. The Balaban J connectivity index is 1.84. The van der Waals surface area contributed by atoms with Crippen LogP contribution >= 0.6 is 0 Å². The predicted molar refractivity (Wildman–Crippen MR) is 104 cm³/mol. The molecule has 0 aliphatic carbocycles. The minimum Gasteiger partial charge on any atom is -0.326 e. The van der Waals surface area contributed by atoms with E-state index in [0.717, 1.165) is 16.8 Å². The molecule has 0 aliphatic rings. The van der Waals surface area contributed by atoms with Gasteiger partial charge in [0.2, 0.25) is 5.91 Å². The molecule has 2 aromatic carbocycles. The molecule has 0 fully saturated rings. The van der Waals surface area contributed by atoms with E-state index >= 15 is 0 Å². The van der Waals surface area contributed by atoms with Crippen LogP contribution < -0.4 is 10.6 Å². The molecule has 3 aromatic rings. The Labute approximate surface area is 157 Å². The summed E-state index contributed by atoms with van der Waals surface area (Å²) in [5.74, 6) is -0.533. The summed E-state index contributed by atoms with van der Waals surface area (Å²) in [6.07, 6.45) is 0. The average Bonchev–Trinajstić information content (AvgIpc) is 2.96. The second-order valence-corrected chi connectivity index (χ2v) is 6.43. The molecule has 0 atom stereocenters. The van der Waals surface area contributed by atoms with Crippen LogP contribution in [0.5, 0.6) is 0 Å². The summed E-state index contributed by atoms with van der Waals surface area (Å²) in [6, 6.07) is 12.9. The average molecular weight is 363 g/mol. The Morgan fingerprint density at radius 2 is 1.63 bits per heavy atom. The Kier molecular flexibility index (Phi) is 5.03. The molecule has 2 amide bonds. The van der Waals surface area contributed by atoms with Crippen LogP contribution in [-0.4, -0.2) is 26.8 Å². The quantitative estimate of drug-likeness (QED) is 0.743. The molecule has 0 aliphatic heterocycles. The third kappa shape index (κ3) is 4.20. The molecular formula is C20H21N5O2. The summed E-state index contributed by atoms with van der Waals surface area (Å²) in [5, 5.41) is 14.2. The molecule has 7 nitrogen and oxygen atoms in total. The van der Waals surface area contributed by atoms with Gasteiger partial charge < -0.3 is 10.6 Å². The van der Waals surface area contributed by atoms with Gasteiger partial charge >= 0.3 is 0 Å². The predicted octanol–water partition coefficient (Wildman–Crippen LogP) is 3.40. The van der Waals surface area contributed by atoms with E-state index in [2.05, 4.69) is 20.8 Å². The molecule has 0 bridgehead atoms. The summed E-state index contributed by atoms with van der Waals surface area (Å²) in [7, 11) is 0. The van der Waals surface area contributed by atoms with Crippen molar-refractivity contribution in [2.24, 2.45) is 0 Å². The maximum atomic E-state index is 12.6. The molecule has 3 rings (SSSR count). The van der Waals surface area contributed by atoms with E-state index in [4.69, 9.17) is 0 Å². The molecule has 1 aromatic heterocycles. The van der Waals surface area contributed by atoms with Crippen LogP contribution in [0.1, 0.15) is 34.2 Å². The van der Waals surface area contributed by atoms with Crippen molar-refractivity contribution in [1.82, 2.24) is 15.0 Å². The highest BCUT2D eigenvalue weighted by atomic mass is 16.2. The van der Waals surface area contributed by atoms with Gasteiger partial charge in [-0.15, -0.1) is 5.10 Å². The first kappa shape index (κ1) is 18.3. The smallest absolute Gasteiger partial charge is 0.278 e. The largest absolute Gasteiger partial charge is 0.326 e. The zero-order valence-electron chi connectivity index (χ0n) is 15.7. The Morgan fingerprint density at radius 1 is 0.926 bits per heavy atom. The Bertz CT molecular complexity index is 1020. The minimum atomic E-state index is -0.358. The summed E-state index contributed by atoms with van der Waals surface area (Å²) in [6.45, 7) is 7.18. The van der Waals surface area contributed by atoms with E-state index in [9.17, 15) is 9.59 Å². The van der Waals surface area contributed by atoms with Gasteiger partial charge in [0.05, 0.1) is 11.4 Å². The van der Waals surface area contributed by atoms with E-state index in [0.29, 0.717) is 17.1 Å². The number of hydrogen-bond acceptors (Lipinski definition) is 4. The molecule has 0 unspecified atom stereocenters. The molecule has 138 valence electrons. The lowest BCUT2D eigenvalue weighted by atomic mass is 10.1. The van der Waals surface area contributed by atoms with Gasteiger partial charge in [0, 0.05) is 18.3 Å². The number of anilines is 2. The SMILES string of the molecule is CC(=O)Nc1cccc(NC(=O)c2nn(-c3ccc(C)cc3C)nc2C)c1. The number of carbonyl (C=O) groups is 2. The van der Waals surface area contributed by atoms with Gasteiger partial charge in [0.25, 0.3) is 5.91 Å². The third-order valence-electron chi connectivity index (χ3n) is 4.01. The fraction of sp³-hybridized carbons (Fsp3) is 0.200. The van der Waals surface area contributed by atoms with Crippen molar-refractivity contribution in [3.05, 3.63) is 65.0 Å². The highest BCUT2D eigenvalue weighted by molar-refractivity contribution is 6.04. The first-order valence-corrected chi connectivity index (χ1v) is 8.54. The zero-order valence-corrected chi connectivity index (χ0v) is 15.7. The van der Waals surface area contributed by atoms with Crippen molar-refractivity contribution >= 4 is 23.2 Å². The van der Waals surface area contributed by atoms with Crippen LogP contribution in [0.25, 0.3) is 5.69 Å². The molecule has 7 heteroatoms. The molecule has 27 heavy (non-hydrogen) atoms. The zero-order chi connectivity index (χ0) is 19.6. The highest BCUT2D eigenvalue weighted by Gasteiger charge is 2.17. The van der Waals surface area contributed by atoms with Crippen LogP contribution in [0.3, 0.4) is 0 Å². The maximum absolute atomic E-state index is 12.6. The number of nitrogens with zero attached hydrogens (tertiary/aromatic N) is 3. The summed E-state index contributed by atoms with van der Waals surface area (Å²) in [5.41, 5.74) is 4.96. The van der Waals surface area contributed by atoms with Gasteiger partial charge in [0.15, 0.2) is 5.69 Å². The highest BCUT2D eigenvalue weighted by Crippen LogP contribution is 2.18. The Morgan fingerprint density at radius 3 is 2.30 bits per heavy atom. The molecule has 0 saturated carbocycles. The van der Waals surface area contributed by atoms with E-state index < -0.39 is 0 Å². The van der Waals surface area contributed by atoms with Crippen LogP contribution in [0.2, 0.25) is 0 Å². The van der Waals surface area contributed by atoms with E-state index in [-0.39, 0.29) is 17.5 Å². The van der Waals surface area contributed by atoms with Crippen molar-refractivity contribution in [3.8, 4) is 5.69 Å². The lowest BCUT2D eigenvalue weighted by Gasteiger charge is -2.07. The van der Waals surface area contributed by atoms with Crippen molar-refractivity contribution in [1.29, 1.82) is 0 Å². The standard InChI is InChI=1S/C20H21N5O2/c1-12-8-9-18(13(2)10-12)25-23-14(3)19(24-25)20(27)22-17-7-5-6-16(11-17)21-15(4)26/h5-11H,1-4H3,(H,21,26)(H,22,27). The number of amides is 2. The number of aromatic nitrogens is 3. The van der Waals surface area contributed by atoms with Gasteiger partial charge in [-0.25, -0.2) is 0 Å². The van der Waals surface area contributed by atoms with Crippen molar-refractivity contribution in [2.45, 2.75) is 27.7 Å². The molecule has 1 heterocycles. The first-order chi connectivity index (χ1) is 12.8. The molecule has 0 spiro atoms. The number of hydrogen-bond donors (Lipinski definition) is 2. The number of aryl methyl sites for hydroxylation is 3. The number of nitrogens with one attached hydrogen (secondary N) is 2. The van der Waals surface area contributed by atoms with Gasteiger partial charge in [-0.2, -0.15) is 9.90 Å². The van der Waals surface area contributed by atoms with Gasteiger partial charge in [0.1, 0.15) is 0 Å². The minimum absolute atomic E-state index is 0.175. The van der Waals surface area contributed by atoms with Gasteiger partial charge in [-0.05, 0) is 50.6 Å². The lowest BCUT2D eigenvalue weighted by Crippen LogP contribution is -2.15. The van der Waals surface area contributed by atoms with Crippen LogP contribution in [0, 0.1) is 20.8 Å². The van der Waals surface area contributed by atoms with Crippen LogP contribution in [-0.2, 0) is 4.79 Å². The Hall–Kier alpha value is -3.48. The maximum Gasteiger partial charge on any atom is 0.278 e. The summed E-state index contributed by atoms with van der Waals surface area (Å²) >= 11 is 0. The van der Waals surface area contributed by atoms with Gasteiger partial charge in [-0.1, -0.05) is 23.8 Å².